The van der Waals surface area contributed by atoms with Crippen LogP contribution in [0.3, 0.4) is 0 Å². The maximum atomic E-state index is 13.4. The van der Waals surface area contributed by atoms with Gasteiger partial charge in [-0.15, -0.1) is 17.1 Å². The zero-order valence-corrected chi connectivity index (χ0v) is 20.2. The fraction of sp³-hybridized carbons (Fsp3) is 0.259. The second-order valence-electron chi connectivity index (χ2n) is 9.28. The fourth-order valence-corrected chi connectivity index (χ4v) is 5.87. The Morgan fingerprint density at radius 3 is 2.39 bits per heavy atom. The van der Waals surface area contributed by atoms with Crippen molar-refractivity contribution in [2.75, 3.05) is 30.9 Å². The number of allylic oxidation sites excluding steroid dienone is 4. The quantitative estimate of drug-likeness (QED) is 0.580. The lowest BCUT2D eigenvalue weighted by atomic mass is 9.77. The van der Waals surface area contributed by atoms with Crippen LogP contribution >= 0.6 is 11.3 Å². The van der Waals surface area contributed by atoms with Crippen molar-refractivity contribution < 1.29 is 9.90 Å². The third-order valence-corrected chi connectivity index (χ3v) is 7.90. The van der Waals surface area contributed by atoms with E-state index in [9.17, 15) is 9.90 Å². The van der Waals surface area contributed by atoms with Crippen LogP contribution in [0.2, 0.25) is 0 Å². The second kappa shape index (κ2) is 7.59. The van der Waals surface area contributed by atoms with E-state index in [-0.39, 0.29) is 22.5 Å². The van der Waals surface area contributed by atoms with Gasteiger partial charge in [0.2, 0.25) is 0 Å². The summed E-state index contributed by atoms with van der Waals surface area (Å²) in [7, 11) is 5.82. The van der Waals surface area contributed by atoms with Gasteiger partial charge in [-0.1, -0.05) is 62.4 Å². The molecule has 3 aromatic rings. The summed E-state index contributed by atoms with van der Waals surface area (Å²) >= 11 is 1.42. The Labute approximate surface area is 198 Å². The molecule has 0 saturated carbocycles. The molecule has 5 rings (SSSR count). The van der Waals surface area contributed by atoms with Crippen LogP contribution in [0, 0.1) is 0 Å². The maximum absolute atomic E-state index is 13.4. The van der Waals surface area contributed by atoms with Crippen molar-refractivity contribution >= 4 is 27.9 Å². The van der Waals surface area contributed by atoms with Gasteiger partial charge in [-0.25, -0.2) is 4.98 Å². The van der Waals surface area contributed by atoms with Crippen LogP contribution in [0.4, 0.5) is 10.8 Å². The van der Waals surface area contributed by atoms with Gasteiger partial charge in [0.05, 0.1) is 11.6 Å². The Morgan fingerprint density at radius 2 is 1.76 bits per heavy atom. The molecule has 0 radical (unpaired) electrons. The zero-order valence-electron chi connectivity index (χ0n) is 19.4. The number of hydrogen-bond donors (Lipinski definition) is 0. The summed E-state index contributed by atoms with van der Waals surface area (Å²) in [6.07, 6.45) is 1.80. The Kier molecular flexibility index (Phi) is 4.94. The first-order chi connectivity index (χ1) is 15.7. The minimum absolute atomic E-state index is 0.126. The monoisotopic (exact) mass is 456 g/mol. The average molecular weight is 457 g/mol. The zero-order chi connectivity index (χ0) is 23.5. The molecule has 6 heteroatoms. The van der Waals surface area contributed by atoms with Crippen LogP contribution in [0.1, 0.15) is 30.2 Å². The number of ketones is 1. The Bertz CT molecular complexity index is 1320. The van der Waals surface area contributed by atoms with Crippen LogP contribution in [0.25, 0.3) is 11.3 Å². The van der Waals surface area contributed by atoms with Crippen molar-refractivity contribution in [2.45, 2.75) is 25.2 Å². The van der Waals surface area contributed by atoms with Crippen molar-refractivity contribution in [3.05, 3.63) is 88.1 Å². The standard InChI is InChI=1S/C27H27N3O2S/c1-27(2)18-13-9-10-14-19(18)30(5)20(27)15-17-23(31)21(24(17)32)25-22(16-11-7-6-8-12-16)28-26(33-25)29(3)4/h6-15,21,31H,1-5H3/p-1/b20-15-. The summed E-state index contributed by atoms with van der Waals surface area (Å²) in [6.45, 7) is 4.26. The van der Waals surface area contributed by atoms with E-state index in [0.29, 0.717) is 5.69 Å². The number of aromatic nitrogens is 1. The number of anilines is 2. The van der Waals surface area contributed by atoms with E-state index < -0.39 is 5.92 Å². The molecule has 0 bridgehead atoms. The molecule has 0 amide bonds. The highest BCUT2D eigenvalue weighted by atomic mass is 32.1. The summed E-state index contributed by atoms with van der Waals surface area (Å²) in [5, 5.41) is 14.1. The smallest absolute Gasteiger partial charge is 0.185 e. The van der Waals surface area contributed by atoms with Crippen molar-refractivity contribution in [3.8, 4) is 11.3 Å². The highest BCUT2D eigenvalue weighted by molar-refractivity contribution is 7.16. The predicted octanol–water partition coefficient (Wildman–Crippen LogP) is 4.47. The van der Waals surface area contributed by atoms with Crippen LogP contribution in [0.5, 0.6) is 0 Å². The van der Waals surface area contributed by atoms with Gasteiger partial charge in [0.1, 0.15) is 0 Å². The molecule has 5 nitrogen and oxygen atoms in total. The van der Waals surface area contributed by atoms with Gasteiger partial charge in [-0.3, -0.25) is 4.79 Å². The second-order valence-corrected chi connectivity index (χ2v) is 10.3. The number of benzene rings is 2. The number of rotatable bonds is 4. The highest BCUT2D eigenvalue weighted by Crippen LogP contribution is 2.50. The number of carbonyl (C=O) groups is 1. The van der Waals surface area contributed by atoms with E-state index >= 15 is 0 Å². The molecule has 0 saturated heterocycles. The summed E-state index contributed by atoms with van der Waals surface area (Å²) in [6, 6.07) is 18.0. The predicted molar refractivity (Wildman–Crippen MR) is 133 cm³/mol. The first-order valence-electron chi connectivity index (χ1n) is 11.0. The molecular formula is C27H26N3O2S-. The fourth-order valence-electron chi connectivity index (χ4n) is 4.76. The topological polar surface area (TPSA) is 59.5 Å². The summed E-state index contributed by atoms with van der Waals surface area (Å²) < 4.78 is 0. The number of hydrogen-bond acceptors (Lipinski definition) is 6. The number of Topliss-reactive ketones (excluding diaryl/α,β-unsaturated/α-hetero) is 1. The number of para-hydroxylation sites is 1. The van der Waals surface area contributed by atoms with Crippen molar-refractivity contribution in [3.63, 3.8) is 0 Å². The van der Waals surface area contributed by atoms with E-state index in [1.807, 2.05) is 68.5 Å². The molecule has 0 N–H and O–H groups in total. The van der Waals surface area contributed by atoms with Gasteiger partial charge in [0, 0.05) is 54.0 Å². The molecule has 1 unspecified atom stereocenters. The Morgan fingerprint density at radius 1 is 1.09 bits per heavy atom. The Hall–Kier alpha value is -3.38. The van der Waals surface area contributed by atoms with E-state index in [0.717, 1.165) is 27.0 Å². The number of fused-ring (bicyclic) bond motifs is 1. The van der Waals surface area contributed by atoms with E-state index in [1.54, 1.807) is 6.08 Å². The average Bonchev–Trinajstić information content (AvgIpc) is 3.31. The van der Waals surface area contributed by atoms with Crippen molar-refractivity contribution in [1.82, 2.24) is 4.98 Å². The molecule has 2 aromatic carbocycles. The molecule has 2 heterocycles. The van der Waals surface area contributed by atoms with Gasteiger partial charge >= 0.3 is 0 Å². The van der Waals surface area contributed by atoms with Gasteiger partial charge in [0.15, 0.2) is 10.9 Å². The Balaban J connectivity index is 1.57. The van der Waals surface area contributed by atoms with Crippen LogP contribution in [-0.2, 0) is 10.2 Å². The summed E-state index contributed by atoms with van der Waals surface area (Å²) in [4.78, 5) is 22.8. The molecule has 0 spiro atoms. The normalized spacial score (nSPS) is 20.3. The lowest BCUT2D eigenvalue weighted by Crippen LogP contribution is -2.36. The van der Waals surface area contributed by atoms with Crippen LogP contribution in [0.15, 0.2) is 77.7 Å². The highest BCUT2D eigenvalue weighted by Gasteiger charge is 2.42. The molecule has 1 atom stereocenters. The molecule has 1 aliphatic heterocycles. The summed E-state index contributed by atoms with van der Waals surface area (Å²) in [5.41, 5.74) is 4.88. The van der Waals surface area contributed by atoms with Crippen molar-refractivity contribution in [2.24, 2.45) is 0 Å². The molecule has 1 aliphatic carbocycles. The minimum atomic E-state index is -0.782. The van der Waals surface area contributed by atoms with Crippen LogP contribution in [-0.4, -0.2) is 31.9 Å². The molecule has 0 fully saturated rings. The number of thiazole rings is 1. The minimum Gasteiger partial charge on any atom is -0.874 e. The van der Waals surface area contributed by atoms with Gasteiger partial charge in [-0.05, 0) is 17.7 Å². The van der Waals surface area contributed by atoms with Gasteiger partial charge in [0.25, 0.3) is 0 Å². The molecule has 1 aromatic heterocycles. The van der Waals surface area contributed by atoms with Gasteiger partial charge in [-0.2, -0.15) is 0 Å². The molecule has 33 heavy (non-hydrogen) atoms. The number of carbonyl (C=O) groups excluding carboxylic acids is 1. The first kappa shape index (κ1) is 21.5. The lowest BCUT2D eigenvalue weighted by molar-refractivity contribution is -0.313. The molecular weight excluding hydrogens is 430 g/mol. The number of likely N-dealkylation sites (N-methyl/N-ethyl adjacent to an activating group) is 1. The van der Waals surface area contributed by atoms with Crippen molar-refractivity contribution in [1.29, 1.82) is 0 Å². The first-order valence-corrected chi connectivity index (χ1v) is 11.8. The SMILES string of the molecule is CN(C)c1nc(-c2ccccc2)c(C2C(=O)C(/C=C3\N(C)c4ccccc4C3(C)C)=C2[O-])s1. The largest absolute Gasteiger partial charge is 0.874 e. The molecule has 168 valence electrons. The lowest BCUT2D eigenvalue weighted by Gasteiger charge is -2.36. The summed E-state index contributed by atoms with van der Waals surface area (Å²) in [5.74, 6) is -1.03. The third-order valence-electron chi connectivity index (χ3n) is 6.61. The van der Waals surface area contributed by atoms with Gasteiger partial charge < -0.3 is 14.9 Å². The number of nitrogens with zero attached hydrogens (tertiary/aromatic N) is 3. The molecule has 2 aliphatic rings. The van der Waals surface area contributed by atoms with E-state index in [2.05, 4.69) is 30.9 Å². The third kappa shape index (κ3) is 3.20. The maximum Gasteiger partial charge on any atom is 0.185 e. The van der Waals surface area contributed by atoms with E-state index in [4.69, 9.17) is 4.98 Å². The van der Waals surface area contributed by atoms with E-state index in [1.165, 1.54) is 16.9 Å². The van der Waals surface area contributed by atoms with Crippen LogP contribution < -0.4 is 14.9 Å².